The van der Waals surface area contributed by atoms with E-state index >= 15 is 0 Å². The van der Waals surface area contributed by atoms with E-state index < -0.39 is 8.32 Å². The smallest absolute Gasteiger partial charge is 0.643 e. The Kier molecular flexibility index (Phi) is 6.33. The first-order valence-corrected chi connectivity index (χ1v) is 8.55. The van der Waals surface area contributed by atoms with Gasteiger partial charge < -0.3 is 4.43 Å². The van der Waals surface area contributed by atoms with Gasteiger partial charge in [-0.3, -0.25) is 0 Å². The minimum Gasteiger partial charge on any atom is -0.643 e. The van der Waals surface area contributed by atoms with E-state index in [1.165, 1.54) is 0 Å². The van der Waals surface area contributed by atoms with Gasteiger partial charge in [0.15, 0.2) is 0 Å². The first kappa shape index (κ1) is 16.6. The molecule has 0 amide bonds. The van der Waals surface area contributed by atoms with Gasteiger partial charge in [0, 0.05) is 0 Å². The van der Waals surface area contributed by atoms with E-state index in [4.69, 9.17) is 4.43 Å². The van der Waals surface area contributed by atoms with E-state index in [1.54, 1.807) is 0 Å². The largest absolute Gasteiger partial charge is 1.00 e. The SMILES string of the molecule is CC(C)(C)[Si](C)(C)O[C-]=Cc1ccccc1.[Li+]. The van der Waals surface area contributed by atoms with Crippen LogP contribution in [-0.2, 0) is 4.43 Å². The van der Waals surface area contributed by atoms with Crippen molar-refractivity contribution in [1.82, 2.24) is 0 Å². The minimum absolute atomic E-state index is 0. The molecule has 0 bridgehead atoms. The fourth-order valence-corrected chi connectivity index (χ4v) is 1.61. The van der Waals surface area contributed by atoms with E-state index in [0.717, 1.165) is 5.56 Å². The van der Waals surface area contributed by atoms with Gasteiger partial charge in [-0.1, -0.05) is 45.2 Å². The Morgan fingerprint density at radius 2 is 1.65 bits per heavy atom. The van der Waals surface area contributed by atoms with Crippen LogP contribution in [0.5, 0.6) is 0 Å². The molecule has 0 heterocycles. The molecule has 0 aliphatic rings. The molecular formula is C14H21LiOSi. The topological polar surface area (TPSA) is 9.23 Å². The van der Waals surface area contributed by atoms with Crippen LogP contribution in [0.3, 0.4) is 0 Å². The van der Waals surface area contributed by atoms with E-state index in [1.807, 2.05) is 36.4 Å². The summed E-state index contributed by atoms with van der Waals surface area (Å²) in [6, 6.07) is 10.1. The van der Waals surface area contributed by atoms with Crippen molar-refractivity contribution in [2.24, 2.45) is 0 Å². The zero-order valence-electron chi connectivity index (χ0n) is 11.9. The van der Waals surface area contributed by atoms with Gasteiger partial charge in [0.1, 0.15) is 0 Å². The van der Waals surface area contributed by atoms with Gasteiger partial charge in [0.2, 0.25) is 8.32 Å². The van der Waals surface area contributed by atoms with Crippen LogP contribution in [0.1, 0.15) is 26.3 Å². The van der Waals surface area contributed by atoms with Crippen LogP contribution >= 0.6 is 0 Å². The molecule has 0 saturated carbocycles. The summed E-state index contributed by atoms with van der Waals surface area (Å²) in [6.07, 6.45) is 4.89. The van der Waals surface area contributed by atoms with Gasteiger partial charge in [-0.25, -0.2) is 0 Å². The number of hydrogen-bond donors (Lipinski definition) is 0. The van der Waals surface area contributed by atoms with Crippen LogP contribution in [0, 0.1) is 6.26 Å². The fourth-order valence-electron chi connectivity index (χ4n) is 0.947. The second-order valence-electron chi connectivity index (χ2n) is 5.54. The summed E-state index contributed by atoms with van der Waals surface area (Å²) >= 11 is 0. The zero-order chi connectivity index (χ0) is 12.2. The van der Waals surface area contributed by atoms with Crippen LogP contribution in [0.4, 0.5) is 0 Å². The third-order valence-electron chi connectivity index (χ3n) is 3.15. The molecule has 0 aliphatic carbocycles. The maximum atomic E-state index is 5.83. The van der Waals surface area contributed by atoms with Gasteiger partial charge in [0.25, 0.3) is 0 Å². The first-order chi connectivity index (χ1) is 7.33. The predicted octanol–water partition coefficient (Wildman–Crippen LogP) is 1.49. The molecule has 0 unspecified atom stereocenters. The summed E-state index contributed by atoms with van der Waals surface area (Å²) in [5, 5.41) is 0.227. The fraction of sp³-hybridized carbons (Fsp3) is 0.429. The molecule has 0 saturated heterocycles. The van der Waals surface area contributed by atoms with Crippen LogP contribution < -0.4 is 18.9 Å². The van der Waals surface area contributed by atoms with E-state index in [-0.39, 0.29) is 23.9 Å². The number of rotatable bonds is 3. The van der Waals surface area contributed by atoms with Crippen molar-refractivity contribution in [2.75, 3.05) is 0 Å². The van der Waals surface area contributed by atoms with Gasteiger partial charge >= 0.3 is 18.9 Å². The monoisotopic (exact) mass is 240 g/mol. The van der Waals surface area contributed by atoms with E-state index in [0.29, 0.717) is 0 Å². The summed E-state index contributed by atoms with van der Waals surface area (Å²) in [5.41, 5.74) is 1.13. The molecule has 0 spiro atoms. The molecule has 0 radical (unpaired) electrons. The maximum Gasteiger partial charge on any atom is 1.00 e. The van der Waals surface area contributed by atoms with Gasteiger partial charge in [0.05, 0.1) is 0 Å². The molecule has 1 nitrogen and oxygen atoms in total. The Bertz CT molecular complexity index is 352. The van der Waals surface area contributed by atoms with Crippen LogP contribution in [0.25, 0.3) is 6.08 Å². The quantitative estimate of drug-likeness (QED) is 0.442. The Balaban J connectivity index is 0.00000256. The van der Waals surface area contributed by atoms with E-state index in [9.17, 15) is 0 Å². The molecule has 0 N–H and O–H groups in total. The Labute approximate surface area is 119 Å². The zero-order valence-corrected chi connectivity index (χ0v) is 12.9. The summed E-state index contributed by atoms with van der Waals surface area (Å²) < 4.78 is 5.83. The molecule has 0 aromatic heterocycles. The predicted molar refractivity (Wildman–Crippen MR) is 72.4 cm³/mol. The Hall–Kier alpha value is -0.426. The summed E-state index contributed by atoms with van der Waals surface area (Å²) in [5.74, 6) is 0. The molecule has 3 heteroatoms. The summed E-state index contributed by atoms with van der Waals surface area (Å²) in [4.78, 5) is 0. The molecule has 88 valence electrons. The molecule has 17 heavy (non-hydrogen) atoms. The first-order valence-electron chi connectivity index (χ1n) is 5.65. The minimum atomic E-state index is -1.70. The summed E-state index contributed by atoms with van der Waals surface area (Å²) in [7, 11) is -1.70. The van der Waals surface area contributed by atoms with Gasteiger partial charge in [-0.05, 0) is 18.1 Å². The van der Waals surface area contributed by atoms with Crippen LogP contribution in [-0.4, -0.2) is 8.32 Å². The molecule has 0 fully saturated rings. The van der Waals surface area contributed by atoms with Crippen molar-refractivity contribution in [3.05, 3.63) is 42.2 Å². The molecule has 1 aromatic carbocycles. The van der Waals surface area contributed by atoms with E-state index in [2.05, 4.69) is 40.1 Å². The normalized spacial score (nSPS) is 12.3. The second kappa shape index (κ2) is 6.49. The van der Waals surface area contributed by atoms with Crippen molar-refractivity contribution in [1.29, 1.82) is 0 Å². The average Bonchev–Trinajstić information content (AvgIpc) is 2.17. The molecule has 0 atom stereocenters. The second-order valence-corrected chi connectivity index (χ2v) is 10.3. The van der Waals surface area contributed by atoms with Crippen molar-refractivity contribution in [3.8, 4) is 0 Å². The van der Waals surface area contributed by atoms with Crippen LogP contribution in [0.2, 0.25) is 18.1 Å². The third kappa shape index (κ3) is 5.16. The molecule has 1 aromatic rings. The average molecular weight is 240 g/mol. The number of benzene rings is 1. The summed E-state index contributed by atoms with van der Waals surface area (Å²) in [6.45, 7) is 11.1. The van der Waals surface area contributed by atoms with Crippen molar-refractivity contribution in [2.45, 2.75) is 38.9 Å². The van der Waals surface area contributed by atoms with Gasteiger partial charge in [-0.15, -0.1) is 12.1 Å². The van der Waals surface area contributed by atoms with Crippen molar-refractivity contribution < 1.29 is 23.3 Å². The van der Waals surface area contributed by atoms with Gasteiger partial charge in [-0.2, -0.15) is 11.6 Å². The van der Waals surface area contributed by atoms with Crippen LogP contribution in [0.15, 0.2) is 30.3 Å². The third-order valence-corrected chi connectivity index (χ3v) is 7.39. The maximum absolute atomic E-state index is 5.83. The Morgan fingerprint density at radius 3 is 2.12 bits per heavy atom. The van der Waals surface area contributed by atoms with Crippen molar-refractivity contribution in [3.63, 3.8) is 0 Å². The number of hydrogen-bond acceptors (Lipinski definition) is 1. The molecule has 0 aliphatic heterocycles. The molecule has 1 rings (SSSR count). The molecular weight excluding hydrogens is 219 g/mol. The Morgan fingerprint density at radius 1 is 1.12 bits per heavy atom. The van der Waals surface area contributed by atoms with Crippen molar-refractivity contribution >= 4 is 14.4 Å². The standard InChI is InChI=1S/C14H21OSi.Li/c1-14(2,3)16(4,5)15-12-11-13-9-7-6-8-10-13;/h6-11H,1-5H3;/q-1;+1.